The molecule has 2 atom stereocenters. The SMILES string of the molecule is CC(C)(C)[C@H]1CC(=O)[C@@H]1c1ccccc1. The number of hydrogen-bond acceptors (Lipinski definition) is 1. The van der Waals surface area contributed by atoms with Crippen LogP contribution in [-0.4, -0.2) is 5.78 Å². The fraction of sp³-hybridized carbons (Fsp3) is 0.500. The van der Waals surface area contributed by atoms with E-state index in [0.717, 1.165) is 6.42 Å². The minimum atomic E-state index is 0.145. The van der Waals surface area contributed by atoms with E-state index in [1.165, 1.54) is 5.56 Å². The zero-order valence-corrected chi connectivity index (χ0v) is 9.66. The maximum Gasteiger partial charge on any atom is 0.140 e. The first-order chi connectivity index (χ1) is 7.00. The quantitative estimate of drug-likeness (QED) is 0.682. The highest BCUT2D eigenvalue weighted by atomic mass is 16.1. The molecule has 0 amide bonds. The van der Waals surface area contributed by atoms with Crippen LogP contribution in [0.1, 0.15) is 38.7 Å². The van der Waals surface area contributed by atoms with Crippen LogP contribution in [-0.2, 0) is 4.79 Å². The summed E-state index contributed by atoms with van der Waals surface area (Å²) < 4.78 is 0. The zero-order chi connectivity index (χ0) is 11.1. The highest BCUT2D eigenvalue weighted by Gasteiger charge is 2.46. The lowest BCUT2D eigenvalue weighted by molar-refractivity contribution is -0.133. The van der Waals surface area contributed by atoms with E-state index in [1.807, 2.05) is 18.2 Å². The average Bonchev–Trinajstić information content (AvgIpc) is 2.14. The number of hydrogen-bond donors (Lipinski definition) is 0. The van der Waals surface area contributed by atoms with Crippen LogP contribution < -0.4 is 0 Å². The normalized spacial score (nSPS) is 26.2. The van der Waals surface area contributed by atoms with Gasteiger partial charge in [-0.2, -0.15) is 0 Å². The van der Waals surface area contributed by atoms with Crippen molar-refractivity contribution < 1.29 is 4.79 Å². The zero-order valence-electron chi connectivity index (χ0n) is 9.66. The summed E-state index contributed by atoms with van der Waals surface area (Å²) in [4.78, 5) is 11.7. The summed E-state index contributed by atoms with van der Waals surface area (Å²) in [5.41, 5.74) is 1.42. The molecule has 80 valence electrons. The average molecular weight is 202 g/mol. The molecule has 0 bridgehead atoms. The van der Waals surface area contributed by atoms with Crippen molar-refractivity contribution in [3.8, 4) is 0 Å². The van der Waals surface area contributed by atoms with Gasteiger partial charge in [0, 0.05) is 12.3 Å². The molecule has 0 N–H and O–H groups in total. The largest absolute Gasteiger partial charge is 0.299 e. The molecule has 1 saturated carbocycles. The van der Waals surface area contributed by atoms with E-state index < -0.39 is 0 Å². The van der Waals surface area contributed by atoms with Crippen molar-refractivity contribution in [1.82, 2.24) is 0 Å². The standard InChI is InChI=1S/C14H18O/c1-14(2,3)11-9-12(15)13(11)10-7-5-4-6-8-10/h4-8,11,13H,9H2,1-3H3/t11-,13+/m0/s1. The lowest BCUT2D eigenvalue weighted by atomic mass is 9.59. The number of carbonyl (C=O) groups excluding carboxylic acids is 1. The molecule has 0 unspecified atom stereocenters. The van der Waals surface area contributed by atoms with E-state index in [0.29, 0.717) is 11.7 Å². The Labute approximate surface area is 91.5 Å². The fourth-order valence-corrected chi connectivity index (χ4v) is 2.41. The lowest BCUT2D eigenvalue weighted by Gasteiger charge is -2.44. The molecule has 15 heavy (non-hydrogen) atoms. The Bertz CT molecular complexity index is 359. The maximum absolute atomic E-state index is 11.7. The van der Waals surface area contributed by atoms with Crippen LogP contribution in [0.2, 0.25) is 0 Å². The number of carbonyl (C=O) groups is 1. The first-order valence-corrected chi connectivity index (χ1v) is 5.58. The van der Waals surface area contributed by atoms with Crippen LogP contribution in [0, 0.1) is 11.3 Å². The molecule has 1 fully saturated rings. The van der Waals surface area contributed by atoms with Crippen LogP contribution in [0.5, 0.6) is 0 Å². The van der Waals surface area contributed by atoms with Gasteiger partial charge in [0.2, 0.25) is 0 Å². The lowest BCUT2D eigenvalue weighted by Crippen LogP contribution is -2.42. The molecule has 0 radical (unpaired) electrons. The molecule has 0 aromatic heterocycles. The van der Waals surface area contributed by atoms with Gasteiger partial charge in [0.25, 0.3) is 0 Å². The number of Topliss-reactive ketones (excluding diaryl/α,β-unsaturated/α-hetero) is 1. The van der Waals surface area contributed by atoms with Crippen molar-refractivity contribution >= 4 is 5.78 Å². The Morgan fingerprint density at radius 1 is 1.13 bits per heavy atom. The van der Waals surface area contributed by atoms with Crippen LogP contribution >= 0.6 is 0 Å². The van der Waals surface area contributed by atoms with Gasteiger partial charge in [0.15, 0.2) is 0 Å². The van der Waals surface area contributed by atoms with Gasteiger partial charge >= 0.3 is 0 Å². The van der Waals surface area contributed by atoms with Gasteiger partial charge in [0.1, 0.15) is 5.78 Å². The first-order valence-electron chi connectivity index (χ1n) is 5.58. The van der Waals surface area contributed by atoms with Gasteiger partial charge in [0.05, 0.1) is 0 Å². The molecular formula is C14H18O. The summed E-state index contributed by atoms with van der Waals surface area (Å²) in [6.07, 6.45) is 0.753. The topological polar surface area (TPSA) is 17.1 Å². The van der Waals surface area contributed by atoms with Crippen LogP contribution in [0.25, 0.3) is 0 Å². The monoisotopic (exact) mass is 202 g/mol. The Hall–Kier alpha value is -1.11. The van der Waals surface area contributed by atoms with Crippen LogP contribution in [0.3, 0.4) is 0 Å². The predicted octanol–water partition coefficient (Wildman–Crippen LogP) is 3.41. The van der Waals surface area contributed by atoms with Crippen molar-refractivity contribution in [2.75, 3.05) is 0 Å². The van der Waals surface area contributed by atoms with Gasteiger partial charge in [-0.15, -0.1) is 0 Å². The number of benzene rings is 1. The summed E-state index contributed by atoms with van der Waals surface area (Å²) in [5, 5.41) is 0. The second-order valence-electron chi connectivity index (χ2n) is 5.53. The van der Waals surface area contributed by atoms with Gasteiger partial charge in [-0.05, 0) is 16.9 Å². The smallest absolute Gasteiger partial charge is 0.140 e. The molecule has 0 saturated heterocycles. The molecule has 1 nitrogen and oxygen atoms in total. The molecule has 1 heteroatoms. The van der Waals surface area contributed by atoms with Crippen molar-refractivity contribution in [2.24, 2.45) is 11.3 Å². The second-order valence-corrected chi connectivity index (χ2v) is 5.53. The van der Waals surface area contributed by atoms with Gasteiger partial charge < -0.3 is 0 Å². The molecule has 2 rings (SSSR count). The summed E-state index contributed by atoms with van der Waals surface area (Å²) in [6.45, 7) is 6.67. The molecule has 1 aromatic rings. The molecular weight excluding hydrogens is 184 g/mol. The Morgan fingerprint density at radius 2 is 1.73 bits per heavy atom. The van der Waals surface area contributed by atoms with Crippen LogP contribution in [0.15, 0.2) is 30.3 Å². The predicted molar refractivity (Wildman–Crippen MR) is 61.8 cm³/mol. The van der Waals surface area contributed by atoms with E-state index in [-0.39, 0.29) is 11.3 Å². The van der Waals surface area contributed by atoms with E-state index in [9.17, 15) is 4.79 Å². The molecule has 1 aliphatic rings. The van der Waals surface area contributed by atoms with Gasteiger partial charge in [-0.25, -0.2) is 0 Å². The minimum absolute atomic E-state index is 0.145. The second kappa shape index (κ2) is 3.48. The van der Waals surface area contributed by atoms with Crippen molar-refractivity contribution in [2.45, 2.75) is 33.1 Å². The Kier molecular flexibility index (Phi) is 2.41. The summed E-state index contributed by atoms with van der Waals surface area (Å²) in [6, 6.07) is 10.2. The van der Waals surface area contributed by atoms with E-state index >= 15 is 0 Å². The third kappa shape index (κ3) is 1.83. The Balaban J connectivity index is 2.25. The molecule has 1 aliphatic carbocycles. The van der Waals surface area contributed by atoms with E-state index in [1.54, 1.807) is 0 Å². The van der Waals surface area contributed by atoms with E-state index in [4.69, 9.17) is 0 Å². The summed E-state index contributed by atoms with van der Waals surface area (Å²) >= 11 is 0. The number of rotatable bonds is 1. The molecule has 0 heterocycles. The van der Waals surface area contributed by atoms with Crippen LogP contribution in [0.4, 0.5) is 0 Å². The third-order valence-corrected chi connectivity index (χ3v) is 3.44. The summed E-state index contributed by atoms with van der Waals surface area (Å²) in [5.74, 6) is 1.06. The fourth-order valence-electron chi connectivity index (χ4n) is 2.41. The van der Waals surface area contributed by atoms with E-state index in [2.05, 4.69) is 32.9 Å². The van der Waals surface area contributed by atoms with Crippen molar-refractivity contribution in [3.63, 3.8) is 0 Å². The highest BCUT2D eigenvalue weighted by Crippen LogP contribution is 2.48. The summed E-state index contributed by atoms with van der Waals surface area (Å²) in [7, 11) is 0. The molecule has 0 aliphatic heterocycles. The van der Waals surface area contributed by atoms with Crippen molar-refractivity contribution in [3.05, 3.63) is 35.9 Å². The maximum atomic E-state index is 11.7. The molecule has 1 aromatic carbocycles. The highest BCUT2D eigenvalue weighted by molar-refractivity contribution is 5.92. The van der Waals surface area contributed by atoms with Gasteiger partial charge in [-0.3, -0.25) is 4.79 Å². The van der Waals surface area contributed by atoms with Gasteiger partial charge in [-0.1, -0.05) is 51.1 Å². The Morgan fingerprint density at radius 3 is 2.20 bits per heavy atom. The first kappa shape index (κ1) is 10.4. The van der Waals surface area contributed by atoms with Crippen molar-refractivity contribution in [1.29, 1.82) is 0 Å². The minimum Gasteiger partial charge on any atom is -0.299 e. The number of ketones is 1. The molecule has 0 spiro atoms. The third-order valence-electron chi connectivity index (χ3n) is 3.44.